The summed E-state index contributed by atoms with van der Waals surface area (Å²) in [5.74, 6) is -0.375. The number of aromatic hydroxyl groups is 1. The van der Waals surface area contributed by atoms with E-state index in [1.165, 1.54) is 11.0 Å². The number of amides is 2. The molecule has 3 rings (SSSR count). The normalized spacial score (nSPS) is 15.4. The van der Waals surface area contributed by atoms with Crippen LogP contribution in [0.25, 0.3) is 0 Å². The third-order valence-electron chi connectivity index (χ3n) is 4.12. The smallest absolute Gasteiger partial charge is 0.410 e. The predicted octanol–water partition coefficient (Wildman–Crippen LogP) is 2.78. The van der Waals surface area contributed by atoms with E-state index in [-0.39, 0.29) is 11.7 Å². The average Bonchev–Trinajstić information content (AvgIpc) is 2.63. The zero-order chi connectivity index (χ0) is 17.6. The van der Waals surface area contributed by atoms with Gasteiger partial charge in [0.05, 0.1) is 12.3 Å². The Bertz CT molecular complexity index is 748. The molecule has 6 nitrogen and oxygen atoms in total. The lowest BCUT2D eigenvalue weighted by molar-refractivity contribution is -0.121. The van der Waals surface area contributed by atoms with Crippen molar-refractivity contribution in [3.63, 3.8) is 0 Å². The highest BCUT2D eigenvalue weighted by atomic mass is 16.6. The second-order valence-electron chi connectivity index (χ2n) is 5.87. The van der Waals surface area contributed by atoms with Gasteiger partial charge in [0.1, 0.15) is 11.8 Å². The van der Waals surface area contributed by atoms with Crippen molar-refractivity contribution in [2.45, 2.75) is 18.9 Å². The summed E-state index contributed by atoms with van der Waals surface area (Å²) in [6.07, 6.45) is 0.565. The van der Waals surface area contributed by atoms with Gasteiger partial charge in [0.15, 0.2) is 0 Å². The SMILES string of the molecule is O=C(Nc1ccccc1O)[C@@H](Cc1ccccc1)N1CCCOC1=O. The number of nitrogens with zero attached hydrogens (tertiary/aromatic N) is 1. The van der Waals surface area contributed by atoms with Gasteiger partial charge in [0.2, 0.25) is 5.91 Å². The van der Waals surface area contributed by atoms with E-state index in [0.717, 1.165) is 5.56 Å². The molecule has 1 heterocycles. The molecule has 0 spiro atoms. The largest absolute Gasteiger partial charge is 0.506 e. The maximum absolute atomic E-state index is 12.8. The van der Waals surface area contributed by atoms with Crippen LogP contribution in [-0.4, -0.2) is 41.2 Å². The zero-order valence-corrected chi connectivity index (χ0v) is 13.7. The molecule has 2 N–H and O–H groups in total. The van der Waals surface area contributed by atoms with Crippen molar-refractivity contribution in [1.29, 1.82) is 0 Å². The number of ether oxygens (including phenoxy) is 1. The number of phenolic OH excluding ortho intramolecular Hbond substituents is 1. The first-order chi connectivity index (χ1) is 12.1. The van der Waals surface area contributed by atoms with E-state index in [9.17, 15) is 14.7 Å². The molecule has 25 heavy (non-hydrogen) atoms. The van der Waals surface area contributed by atoms with E-state index in [2.05, 4.69) is 5.32 Å². The van der Waals surface area contributed by atoms with Gasteiger partial charge < -0.3 is 15.2 Å². The summed E-state index contributed by atoms with van der Waals surface area (Å²) in [4.78, 5) is 26.4. The Morgan fingerprint density at radius 1 is 1.16 bits per heavy atom. The number of cyclic esters (lactones) is 1. The van der Waals surface area contributed by atoms with Gasteiger partial charge in [-0.15, -0.1) is 0 Å². The lowest BCUT2D eigenvalue weighted by Crippen LogP contribution is -2.51. The number of para-hydroxylation sites is 2. The number of phenols is 1. The number of nitrogens with one attached hydrogen (secondary N) is 1. The number of rotatable bonds is 5. The van der Waals surface area contributed by atoms with Gasteiger partial charge in [-0.25, -0.2) is 4.79 Å². The lowest BCUT2D eigenvalue weighted by Gasteiger charge is -2.33. The van der Waals surface area contributed by atoms with Crippen LogP contribution in [0.15, 0.2) is 54.6 Å². The van der Waals surface area contributed by atoms with Gasteiger partial charge >= 0.3 is 6.09 Å². The minimum atomic E-state index is -0.713. The maximum Gasteiger partial charge on any atom is 0.410 e. The summed E-state index contributed by atoms with van der Waals surface area (Å²) in [7, 11) is 0. The number of hydrogen-bond donors (Lipinski definition) is 2. The predicted molar refractivity (Wildman–Crippen MR) is 93.3 cm³/mol. The highest BCUT2D eigenvalue weighted by Crippen LogP contribution is 2.23. The van der Waals surface area contributed by atoms with Gasteiger partial charge in [0, 0.05) is 13.0 Å². The molecule has 2 aromatic rings. The van der Waals surface area contributed by atoms with Gasteiger partial charge in [-0.05, 0) is 24.1 Å². The second-order valence-corrected chi connectivity index (χ2v) is 5.87. The molecular formula is C19H20N2O4. The molecule has 0 unspecified atom stereocenters. The zero-order valence-electron chi connectivity index (χ0n) is 13.7. The minimum absolute atomic E-state index is 0.0180. The molecule has 130 valence electrons. The van der Waals surface area contributed by atoms with Crippen molar-refractivity contribution in [2.24, 2.45) is 0 Å². The summed E-state index contributed by atoms with van der Waals surface area (Å²) in [6.45, 7) is 0.832. The fourth-order valence-corrected chi connectivity index (χ4v) is 2.83. The molecule has 0 aliphatic carbocycles. The molecule has 1 aliphatic heterocycles. The summed E-state index contributed by atoms with van der Waals surface area (Å²) < 4.78 is 5.09. The van der Waals surface area contributed by atoms with E-state index >= 15 is 0 Å². The molecule has 2 aromatic carbocycles. The van der Waals surface area contributed by atoms with E-state index in [4.69, 9.17) is 4.74 Å². The summed E-state index contributed by atoms with van der Waals surface area (Å²) in [5, 5.41) is 12.6. The molecule has 1 saturated heterocycles. The van der Waals surface area contributed by atoms with Crippen LogP contribution < -0.4 is 5.32 Å². The Morgan fingerprint density at radius 3 is 2.60 bits per heavy atom. The quantitative estimate of drug-likeness (QED) is 0.821. The van der Waals surface area contributed by atoms with Gasteiger partial charge in [-0.3, -0.25) is 9.69 Å². The molecule has 0 bridgehead atoms. The van der Waals surface area contributed by atoms with Crippen LogP contribution in [0.5, 0.6) is 5.75 Å². The van der Waals surface area contributed by atoms with Crippen LogP contribution in [0.1, 0.15) is 12.0 Å². The first kappa shape index (κ1) is 16.8. The molecule has 1 atom stereocenters. The summed E-state index contributed by atoms with van der Waals surface area (Å²) in [5.41, 5.74) is 1.26. The molecule has 0 saturated carbocycles. The standard InChI is InChI=1S/C19H20N2O4/c22-17-10-5-4-9-15(17)20-18(23)16(13-14-7-2-1-3-8-14)21-11-6-12-25-19(21)24/h1-5,7-10,16,22H,6,11-13H2,(H,20,23)/t16-/m1/s1. The van der Waals surface area contributed by atoms with Crippen LogP contribution in [-0.2, 0) is 16.0 Å². The lowest BCUT2D eigenvalue weighted by atomic mass is 10.0. The van der Waals surface area contributed by atoms with Crippen molar-refractivity contribution < 1.29 is 19.4 Å². The first-order valence-electron chi connectivity index (χ1n) is 8.21. The molecule has 1 aliphatic rings. The fraction of sp³-hybridized carbons (Fsp3) is 0.263. The Balaban J connectivity index is 1.83. The van der Waals surface area contributed by atoms with Crippen molar-refractivity contribution in [2.75, 3.05) is 18.5 Å². The number of carbonyl (C=O) groups excluding carboxylic acids is 2. The molecule has 2 amide bonds. The molecule has 6 heteroatoms. The maximum atomic E-state index is 12.8. The van der Waals surface area contributed by atoms with Crippen LogP contribution in [0.2, 0.25) is 0 Å². The van der Waals surface area contributed by atoms with Crippen LogP contribution >= 0.6 is 0 Å². The second kappa shape index (κ2) is 7.70. The topological polar surface area (TPSA) is 78.9 Å². The van der Waals surface area contributed by atoms with E-state index < -0.39 is 12.1 Å². The number of anilines is 1. The van der Waals surface area contributed by atoms with Gasteiger partial charge in [-0.2, -0.15) is 0 Å². The molecule has 1 fully saturated rings. The van der Waals surface area contributed by atoms with Crippen molar-refractivity contribution >= 4 is 17.7 Å². The summed E-state index contributed by atoms with van der Waals surface area (Å²) in [6, 6.07) is 15.3. The minimum Gasteiger partial charge on any atom is -0.506 e. The van der Waals surface area contributed by atoms with Crippen molar-refractivity contribution in [3.05, 3.63) is 60.2 Å². The Labute approximate surface area is 146 Å². The number of carbonyl (C=O) groups is 2. The molecule has 0 aromatic heterocycles. The van der Waals surface area contributed by atoms with E-state index in [1.54, 1.807) is 18.2 Å². The number of hydrogen-bond acceptors (Lipinski definition) is 4. The fourth-order valence-electron chi connectivity index (χ4n) is 2.83. The van der Waals surface area contributed by atoms with Crippen molar-refractivity contribution in [3.8, 4) is 5.75 Å². The van der Waals surface area contributed by atoms with Crippen LogP contribution in [0.4, 0.5) is 10.5 Å². The Morgan fingerprint density at radius 2 is 1.88 bits per heavy atom. The molecular weight excluding hydrogens is 320 g/mol. The van der Waals surface area contributed by atoms with Crippen LogP contribution in [0.3, 0.4) is 0 Å². The summed E-state index contributed by atoms with van der Waals surface area (Å²) >= 11 is 0. The van der Waals surface area contributed by atoms with Gasteiger partial charge in [-0.1, -0.05) is 42.5 Å². The first-order valence-corrected chi connectivity index (χ1v) is 8.21. The molecule has 0 radical (unpaired) electrons. The monoisotopic (exact) mass is 340 g/mol. The Kier molecular flexibility index (Phi) is 5.18. The van der Waals surface area contributed by atoms with Crippen LogP contribution in [0, 0.1) is 0 Å². The highest BCUT2D eigenvalue weighted by Gasteiger charge is 2.33. The third-order valence-corrected chi connectivity index (χ3v) is 4.12. The number of benzene rings is 2. The third kappa shape index (κ3) is 4.09. The van der Waals surface area contributed by atoms with Gasteiger partial charge in [0.25, 0.3) is 0 Å². The highest BCUT2D eigenvalue weighted by molar-refractivity contribution is 5.97. The Hall–Kier alpha value is -3.02. The van der Waals surface area contributed by atoms with E-state index in [1.807, 2.05) is 30.3 Å². The van der Waals surface area contributed by atoms with Crippen molar-refractivity contribution in [1.82, 2.24) is 4.90 Å². The average molecular weight is 340 g/mol. The van der Waals surface area contributed by atoms with E-state index in [0.29, 0.717) is 31.7 Å².